The fourth-order valence-electron chi connectivity index (χ4n) is 2.56. The molecule has 0 radical (unpaired) electrons. The van der Waals surface area contributed by atoms with Crippen molar-refractivity contribution in [3.63, 3.8) is 0 Å². The molecule has 2 N–H and O–H groups in total. The fraction of sp³-hybridized carbons (Fsp3) is 0.364. The molecule has 0 atom stereocenters. The highest BCUT2D eigenvalue weighted by molar-refractivity contribution is 7.99. The summed E-state index contributed by atoms with van der Waals surface area (Å²) in [4.78, 5) is 40.4. The van der Waals surface area contributed by atoms with E-state index in [1.54, 1.807) is 12.1 Å². The summed E-state index contributed by atoms with van der Waals surface area (Å²) in [5.74, 6) is -0.347. The van der Waals surface area contributed by atoms with E-state index in [9.17, 15) is 18.8 Å². The van der Waals surface area contributed by atoms with Gasteiger partial charge in [-0.1, -0.05) is 31.9 Å². The molecule has 0 unspecified atom stereocenters. The Kier molecular flexibility index (Phi) is 10.00. The number of aromatic nitrogens is 1. The first kappa shape index (κ1) is 23.5. The molecule has 2 aromatic rings. The van der Waals surface area contributed by atoms with Gasteiger partial charge in [0.15, 0.2) is 5.78 Å². The Bertz CT molecular complexity index is 859. The number of rotatable bonds is 12. The van der Waals surface area contributed by atoms with Crippen molar-refractivity contribution in [2.45, 2.75) is 31.9 Å². The van der Waals surface area contributed by atoms with Crippen molar-refractivity contribution in [2.75, 3.05) is 18.8 Å². The molecule has 6 nitrogen and oxygen atoms in total. The van der Waals surface area contributed by atoms with Gasteiger partial charge in [-0.15, -0.1) is 11.8 Å². The van der Waals surface area contributed by atoms with Crippen molar-refractivity contribution in [1.82, 2.24) is 15.6 Å². The van der Waals surface area contributed by atoms with E-state index in [1.807, 2.05) is 0 Å². The smallest absolute Gasteiger partial charge is 0.253 e. The van der Waals surface area contributed by atoms with E-state index in [1.165, 1.54) is 42.4 Å². The predicted molar refractivity (Wildman–Crippen MR) is 116 cm³/mol. The molecule has 30 heavy (non-hydrogen) atoms. The summed E-state index contributed by atoms with van der Waals surface area (Å²) in [6.07, 6.45) is 5.77. The molecule has 2 rings (SSSR count). The summed E-state index contributed by atoms with van der Waals surface area (Å²) in [7, 11) is 0. The molecule has 1 aromatic carbocycles. The molecule has 160 valence electrons. The van der Waals surface area contributed by atoms with Crippen molar-refractivity contribution in [1.29, 1.82) is 0 Å². The minimum absolute atomic E-state index is 0.108. The highest BCUT2D eigenvalue weighted by Crippen LogP contribution is 2.12. The highest BCUT2D eigenvalue weighted by Gasteiger charge is 2.12. The normalized spacial score (nSPS) is 10.5. The summed E-state index contributed by atoms with van der Waals surface area (Å²) >= 11 is 1.40. The Labute approximate surface area is 180 Å². The second kappa shape index (κ2) is 12.7. The van der Waals surface area contributed by atoms with Gasteiger partial charge >= 0.3 is 0 Å². The van der Waals surface area contributed by atoms with E-state index in [0.717, 1.165) is 24.8 Å². The minimum Gasteiger partial charge on any atom is -0.352 e. The third kappa shape index (κ3) is 8.32. The number of amides is 2. The van der Waals surface area contributed by atoms with Crippen molar-refractivity contribution in [2.24, 2.45) is 0 Å². The third-order valence-corrected chi connectivity index (χ3v) is 5.28. The summed E-state index contributed by atoms with van der Waals surface area (Å²) < 4.78 is 12.9. The average molecular weight is 432 g/mol. The monoisotopic (exact) mass is 431 g/mol. The standard InChI is InChI=1S/C22H26FN3O3S/c1-2-3-4-9-25-21(28)17-10-18(12-24-11-17)22(29)26-13-20(27)15-30-14-16-5-7-19(23)8-6-16/h5-8,10-12H,2-4,9,13-15H2,1H3,(H,25,28)(H,26,29). The van der Waals surface area contributed by atoms with Crippen molar-refractivity contribution < 1.29 is 18.8 Å². The largest absolute Gasteiger partial charge is 0.352 e. The van der Waals surface area contributed by atoms with Crippen LogP contribution in [0.25, 0.3) is 0 Å². The lowest BCUT2D eigenvalue weighted by Crippen LogP contribution is -2.31. The second-order valence-corrected chi connectivity index (χ2v) is 7.75. The van der Waals surface area contributed by atoms with E-state index in [4.69, 9.17) is 0 Å². The van der Waals surface area contributed by atoms with Gasteiger partial charge in [-0.2, -0.15) is 0 Å². The van der Waals surface area contributed by atoms with Crippen LogP contribution in [-0.4, -0.2) is 41.4 Å². The van der Waals surface area contributed by atoms with Gasteiger partial charge in [0.1, 0.15) is 5.82 Å². The fourth-order valence-corrected chi connectivity index (χ4v) is 3.42. The molecule has 0 aliphatic carbocycles. The molecular formula is C22H26FN3O3S. The van der Waals surface area contributed by atoms with E-state index in [-0.39, 0.29) is 35.4 Å². The van der Waals surface area contributed by atoms with Gasteiger partial charge in [0, 0.05) is 24.7 Å². The lowest BCUT2D eigenvalue weighted by Gasteiger charge is -2.07. The lowest BCUT2D eigenvalue weighted by molar-refractivity contribution is -0.115. The van der Waals surface area contributed by atoms with Gasteiger partial charge in [-0.25, -0.2) is 4.39 Å². The highest BCUT2D eigenvalue weighted by atomic mass is 32.2. The quantitative estimate of drug-likeness (QED) is 0.503. The maximum Gasteiger partial charge on any atom is 0.253 e. The molecule has 0 fully saturated rings. The number of nitrogens with zero attached hydrogens (tertiary/aromatic N) is 1. The maximum absolute atomic E-state index is 12.9. The van der Waals surface area contributed by atoms with E-state index >= 15 is 0 Å². The number of pyridine rings is 1. The Morgan fingerprint density at radius 3 is 2.33 bits per heavy atom. The van der Waals surface area contributed by atoms with Crippen LogP contribution >= 0.6 is 11.8 Å². The number of Topliss-reactive ketones (excluding diaryl/α,β-unsaturated/α-hetero) is 1. The Hall–Kier alpha value is -2.74. The summed E-state index contributed by atoms with van der Waals surface area (Å²) in [6.45, 7) is 2.55. The zero-order valence-electron chi connectivity index (χ0n) is 16.9. The summed E-state index contributed by atoms with van der Waals surface area (Å²) in [5, 5.41) is 5.36. The Balaban J connectivity index is 1.75. The van der Waals surface area contributed by atoms with Crippen molar-refractivity contribution in [3.8, 4) is 0 Å². The van der Waals surface area contributed by atoms with Gasteiger partial charge < -0.3 is 10.6 Å². The Morgan fingerprint density at radius 1 is 1.00 bits per heavy atom. The van der Waals surface area contributed by atoms with Crippen LogP contribution in [-0.2, 0) is 10.5 Å². The maximum atomic E-state index is 12.9. The number of hydrogen-bond acceptors (Lipinski definition) is 5. The van der Waals surface area contributed by atoms with Gasteiger partial charge in [-0.05, 0) is 30.2 Å². The van der Waals surface area contributed by atoms with Gasteiger partial charge in [0.05, 0.1) is 23.4 Å². The molecule has 1 heterocycles. The van der Waals surface area contributed by atoms with Crippen LogP contribution in [0, 0.1) is 5.82 Å². The SMILES string of the molecule is CCCCCNC(=O)c1cncc(C(=O)NCC(=O)CSCc2ccc(F)cc2)c1. The molecule has 1 aromatic heterocycles. The molecule has 0 saturated heterocycles. The molecule has 0 spiro atoms. The number of carbonyl (C=O) groups is 3. The first-order chi connectivity index (χ1) is 14.5. The number of benzene rings is 1. The number of hydrogen-bond donors (Lipinski definition) is 2. The number of halogens is 1. The average Bonchev–Trinajstić information content (AvgIpc) is 2.76. The van der Waals surface area contributed by atoms with Crippen LogP contribution in [0.4, 0.5) is 4.39 Å². The van der Waals surface area contributed by atoms with Gasteiger partial charge in [0.2, 0.25) is 0 Å². The number of ketones is 1. The van der Waals surface area contributed by atoms with Crippen LogP contribution in [0.2, 0.25) is 0 Å². The number of unbranched alkanes of at least 4 members (excludes halogenated alkanes) is 2. The number of nitrogens with one attached hydrogen (secondary N) is 2. The predicted octanol–water partition coefficient (Wildman–Crippen LogP) is 3.37. The van der Waals surface area contributed by atoms with Gasteiger partial charge in [0.25, 0.3) is 11.8 Å². The summed E-state index contributed by atoms with van der Waals surface area (Å²) in [5.41, 5.74) is 1.46. The van der Waals surface area contributed by atoms with Crippen LogP contribution in [0.1, 0.15) is 52.5 Å². The molecule has 0 saturated carbocycles. The Morgan fingerprint density at radius 2 is 1.67 bits per heavy atom. The van der Waals surface area contributed by atoms with Crippen molar-refractivity contribution in [3.05, 3.63) is 65.2 Å². The van der Waals surface area contributed by atoms with E-state index in [2.05, 4.69) is 22.5 Å². The van der Waals surface area contributed by atoms with Gasteiger partial charge in [-0.3, -0.25) is 19.4 Å². The molecule has 0 aliphatic rings. The third-order valence-electron chi connectivity index (χ3n) is 4.22. The molecular weight excluding hydrogens is 405 g/mol. The second-order valence-electron chi connectivity index (χ2n) is 6.77. The van der Waals surface area contributed by atoms with E-state index < -0.39 is 5.91 Å². The van der Waals surface area contributed by atoms with E-state index in [0.29, 0.717) is 17.9 Å². The van der Waals surface area contributed by atoms with Crippen molar-refractivity contribution >= 4 is 29.4 Å². The van der Waals surface area contributed by atoms with Crippen LogP contribution in [0.15, 0.2) is 42.7 Å². The van der Waals surface area contributed by atoms with Crippen LogP contribution in [0.5, 0.6) is 0 Å². The molecule has 8 heteroatoms. The minimum atomic E-state index is -0.458. The lowest BCUT2D eigenvalue weighted by atomic mass is 10.1. The summed E-state index contributed by atoms with van der Waals surface area (Å²) in [6, 6.07) is 7.57. The molecule has 0 aliphatic heterocycles. The zero-order chi connectivity index (χ0) is 21.8. The first-order valence-electron chi connectivity index (χ1n) is 9.85. The topological polar surface area (TPSA) is 88.2 Å². The molecule has 2 amide bonds. The zero-order valence-corrected chi connectivity index (χ0v) is 17.8. The molecule has 0 bridgehead atoms. The van der Waals surface area contributed by atoms with Crippen LogP contribution in [0.3, 0.4) is 0 Å². The first-order valence-corrected chi connectivity index (χ1v) is 11.0. The number of thioether (sulfide) groups is 1. The van der Waals surface area contributed by atoms with Crippen LogP contribution < -0.4 is 10.6 Å². The number of carbonyl (C=O) groups excluding carboxylic acids is 3.